The summed E-state index contributed by atoms with van der Waals surface area (Å²) in [6.45, 7) is 0. The molecule has 0 radical (unpaired) electrons. The maximum absolute atomic E-state index is 13.5. The van der Waals surface area contributed by atoms with E-state index in [1.165, 1.54) is 6.07 Å². The molecular weight excluding hydrogens is 254 g/mol. The van der Waals surface area contributed by atoms with Gasteiger partial charge in [-0.1, -0.05) is 6.07 Å². The quantitative estimate of drug-likeness (QED) is 0.557. The number of carboxylic acid groups (broad SMARTS) is 1. The lowest BCUT2D eigenvalue weighted by Crippen LogP contribution is -2.28. The molecule has 0 aromatic heterocycles. The zero-order valence-corrected chi connectivity index (χ0v) is 9.21. The fourth-order valence-electron chi connectivity index (χ4n) is 1.81. The Labute approximate surface area is 101 Å². The van der Waals surface area contributed by atoms with Gasteiger partial charge in [-0.05, 0) is 6.07 Å². The van der Waals surface area contributed by atoms with Crippen molar-refractivity contribution in [3.8, 4) is 0 Å². The van der Waals surface area contributed by atoms with Crippen molar-refractivity contribution in [1.29, 1.82) is 0 Å². The first kappa shape index (κ1) is 12.2. The standard InChI is InChI=1S/C10H9ClF2N2O2/c11-9-7(10(16)17)8(14-15-9)5-2-1-4(12)3-6(5)13/h1-3,7-9,14-15H,(H,16,17). The summed E-state index contributed by atoms with van der Waals surface area (Å²) in [6, 6.07) is 2.14. The number of hydrogen-bond acceptors (Lipinski definition) is 3. The maximum Gasteiger partial charge on any atom is 0.311 e. The van der Waals surface area contributed by atoms with Gasteiger partial charge in [0.25, 0.3) is 0 Å². The summed E-state index contributed by atoms with van der Waals surface area (Å²) in [5.41, 5.74) is 4.31. The Morgan fingerprint density at radius 1 is 1.35 bits per heavy atom. The van der Waals surface area contributed by atoms with E-state index in [2.05, 4.69) is 10.9 Å². The van der Waals surface area contributed by atoms with Crippen molar-refractivity contribution in [2.75, 3.05) is 0 Å². The van der Waals surface area contributed by atoms with Gasteiger partial charge in [-0.3, -0.25) is 4.79 Å². The van der Waals surface area contributed by atoms with Crippen LogP contribution in [0.1, 0.15) is 11.6 Å². The zero-order valence-electron chi connectivity index (χ0n) is 8.45. The molecule has 92 valence electrons. The number of halogens is 3. The highest BCUT2D eigenvalue weighted by atomic mass is 35.5. The summed E-state index contributed by atoms with van der Waals surface area (Å²) in [7, 11) is 0. The molecule has 1 fully saturated rings. The van der Waals surface area contributed by atoms with Gasteiger partial charge >= 0.3 is 5.97 Å². The molecule has 0 saturated carbocycles. The zero-order chi connectivity index (χ0) is 12.6. The lowest BCUT2D eigenvalue weighted by molar-refractivity contribution is -0.142. The minimum atomic E-state index is -1.16. The third-order valence-corrected chi connectivity index (χ3v) is 3.01. The van der Waals surface area contributed by atoms with Crippen molar-refractivity contribution >= 4 is 17.6 Å². The summed E-state index contributed by atoms with van der Waals surface area (Å²) < 4.78 is 26.3. The van der Waals surface area contributed by atoms with Crippen LogP contribution in [0.25, 0.3) is 0 Å². The molecular formula is C10H9ClF2N2O2. The minimum Gasteiger partial charge on any atom is -0.481 e. The highest BCUT2D eigenvalue weighted by Crippen LogP contribution is 2.32. The molecule has 3 atom stereocenters. The molecule has 7 heteroatoms. The number of nitrogens with one attached hydrogen (secondary N) is 2. The first-order valence-corrected chi connectivity index (χ1v) is 5.27. The van der Waals surface area contributed by atoms with Crippen LogP contribution in [0.3, 0.4) is 0 Å². The number of carboxylic acids is 1. The van der Waals surface area contributed by atoms with Crippen LogP contribution in [0.15, 0.2) is 18.2 Å². The minimum absolute atomic E-state index is 0.0643. The van der Waals surface area contributed by atoms with Gasteiger partial charge in [-0.2, -0.15) is 0 Å². The number of aliphatic carboxylic acids is 1. The third-order valence-electron chi connectivity index (χ3n) is 2.63. The molecule has 1 heterocycles. The van der Waals surface area contributed by atoms with E-state index in [-0.39, 0.29) is 5.56 Å². The van der Waals surface area contributed by atoms with Crippen LogP contribution in [-0.2, 0) is 4.79 Å². The fraction of sp³-hybridized carbons (Fsp3) is 0.300. The van der Waals surface area contributed by atoms with E-state index in [1.807, 2.05) is 0 Å². The van der Waals surface area contributed by atoms with E-state index in [0.717, 1.165) is 6.07 Å². The number of benzene rings is 1. The van der Waals surface area contributed by atoms with Gasteiger partial charge in [0, 0.05) is 11.6 Å². The molecule has 1 aromatic rings. The smallest absolute Gasteiger partial charge is 0.311 e. The van der Waals surface area contributed by atoms with Crippen molar-refractivity contribution in [2.24, 2.45) is 5.92 Å². The van der Waals surface area contributed by atoms with Crippen LogP contribution in [0.2, 0.25) is 0 Å². The summed E-state index contributed by atoms with van der Waals surface area (Å²) in [4.78, 5) is 11.0. The van der Waals surface area contributed by atoms with Gasteiger partial charge in [0.15, 0.2) is 0 Å². The summed E-state index contributed by atoms with van der Waals surface area (Å²) in [6.07, 6.45) is 0. The molecule has 17 heavy (non-hydrogen) atoms. The van der Waals surface area contributed by atoms with Crippen molar-refractivity contribution in [3.63, 3.8) is 0 Å². The van der Waals surface area contributed by atoms with Crippen molar-refractivity contribution < 1.29 is 18.7 Å². The maximum atomic E-state index is 13.5. The molecule has 0 amide bonds. The van der Waals surface area contributed by atoms with Gasteiger partial charge in [0.05, 0.1) is 6.04 Å². The fourth-order valence-corrected chi connectivity index (χ4v) is 2.13. The molecule has 3 unspecified atom stereocenters. The van der Waals surface area contributed by atoms with Gasteiger partial charge in [-0.25, -0.2) is 19.6 Å². The number of hydrazine groups is 1. The van der Waals surface area contributed by atoms with Gasteiger partial charge in [0.1, 0.15) is 23.1 Å². The number of carbonyl (C=O) groups is 1. The van der Waals surface area contributed by atoms with Crippen LogP contribution >= 0.6 is 11.6 Å². The number of hydrogen-bond donors (Lipinski definition) is 3. The molecule has 2 rings (SSSR count). The second-order valence-electron chi connectivity index (χ2n) is 3.70. The van der Waals surface area contributed by atoms with E-state index in [0.29, 0.717) is 6.07 Å². The lowest BCUT2D eigenvalue weighted by Gasteiger charge is -2.16. The number of rotatable bonds is 2. The summed E-state index contributed by atoms with van der Waals surface area (Å²) >= 11 is 5.75. The SMILES string of the molecule is O=C(O)C1C(Cl)NNC1c1ccc(F)cc1F. The van der Waals surface area contributed by atoms with E-state index in [1.54, 1.807) is 0 Å². The summed E-state index contributed by atoms with van der Waals surface area (Å²) in [5.74, 6) is -3.71. The Morgan fingerprint density at radius 2 is 2.06 bits per heavy atom. The molecule has 0 aliphatic carbocycles. The van der Waals surface area contributed by atoms with Gasteiger partial charge < -0.3 is 5.11 Å². The topological polar surface area (TPSA) is 61.4 Å². The van der Waals surface area contributed by atoms with Crippen LogP contribution in [-0.4, -0.2) is 16.6 Å². The summed E-state index contributed by atoms with van der Waals surface area (Å²) in [5, 5.41) is 9.00. The van der Waals surface area contributed by atoms with E-state index in [4.69, 9.17) is 16.7 Å². The van der Waals surface area contributed by atoms with Crippen molar-refractivity contribution in [2.45, 2.75) is 11.5 Å². The molecule has 1 aliphatic heterocycles. The Morgan fingerprint density at radius 3 is 2.65 bits per heavy atom. The Balaban J connectivity index is 2.36. The van der Waals surface area contributed by atoms with Crippen LogP contribution in [0.4, 0.5) is 8.78 Å². The number of alkyl halides is 1. The third kappa shape index (κ3) is 2.24. The van der Waals surface area contributed by atoms with Crippen molar-refractivity contribution in [3.05, 3.63) is 35.4 Å². The normalized spacial score (nSPS) is 28.3. The molecule has 1 aromatic carbocycles. The second-order valence-corrected chi connectivity index (χ2v) is 4.17. The molecule has 1 saturated heterocycles. The molecule has 0 bridgehead atoms. The average Bonchev–Trinajstić information content (AvgIpc) is 2.60. The Kier molecular flexibility index (Phi) is 3.28. The Bertz CT molecular complexity index is 458. The first-order chi connectivity index (χ1) is 8.00. The second kappa shape index (κ2) is 4.56. The largest absolute Gasteiger partial charge is 0.481 e. The lowest BCUT2D eigenvalue weighted by atomic mass is 9.94. The first-order valence-electron chi connectivity index (χ1n) is 4.83. The molecule has 0 spiro atoms. The monoisotopic (exact) mass is 262 g/mol. The van der Waals surface area contributed by atoms with E-state index >= 15 is 0 Å². The van der Waals surface area contributed by atoms with Crippen molar-refractivity contribution in [1.82, 2.24) is 10.9 Å². The van der Waals surface area contributed by atoms with E-state index in [9.17, 15) is 13.6 Å². The van der Waals surface area contributed by atoms with Crippen LogP contribution < -0.4 is 10.9 Å². The van der Waals surface area contributed by atoms with Gasteiger partial charge in [-0.15, -0.1) is 11.6 Å². The van der Waals surface area contributed by atoms with E-state index < -0.39 is 35.1 Å². The highest BCUT2D eigenvalue weighted by molar-refractivity contribution is 6.21. The van der Waals surface area contributed by atoms with Crippen LogP contribution in [0, 0.1) is 17.6 Å². The molecule has 3 N–H and O–H groups in total. The Hall–Kier alpha value is -1.24. The molecule has 1 aliphatic rings. The molecule has 4 nitrogen and oxygen atoms in total. The predicted octanol–water partition coefficient (Wildman–Crippen LogP) is 1.38. The van der Waals surface area contributed by atoms with Gasteiger partial charge in [0.2, 0.25) is 0 Å². The average molecular weight is 263 g/mol. The highest BCUT2D eigenvalue weighted by Gasteiger charge is 2.42. The predicted molar refractivity (Wildman–Crippen MR) is 56.1 cm³/mol. The van der Waals surface area contributed by atoms with Crippen LogP contribution in [0.5, 0.6) is 0 Å².